The number of nitrogens with one attached hydrogen (secondary N) is 1. The highest BCUT2D eigenvalue weighted by atomic mass is 32.1. The first-order valence-electron chi connectivity index (χ1n) is 10.4. The summed E-state index contributed by atoms with van der Waals surface area (Å²) < 4.78 is 41.5. The molecule has 176 valence electrons. The molecule has 2 aromatic heterocycles. The molecule has 0 bridgehead atoms. The fraction of sp³-hybridized carbons (Fsp3) is 0.348. The molecule has 6 nitrogen and oxygen atoms in total. The van der Waals surface area contributed by atoms with Crippen molar-refractivity contribution < 1.29 is 18.0 Å². The standard InChI is InChI=1S/C23H24F3N5O.H2S/c1-13(2)22-23(32)29-19-10-27-16(8-20(19)30(22)3)5-4-14-9-28-31(11-14)12-15-6-17(24)21(26)18(25)7-15;/h6-11,13,22H,4-5,12H2,1-3H3,(H,29,32);1H2/t22-;/m0./s1. The topological polar surface area (TPSA) is 63.1 Å². The molecule has 4 rings (SSSR count). The van der Waals surface area contributed by atoms with Gasteiger partial charge >= 0.3 is 0 Å². The van der Waals surface area contributed by atoms with E-state index in [1.807, 2.05) is 31.9 Å². The summed E-state index contributed by atoms with van der Waals surface area (Å²) in [6.07, 6.45) is 6.49. The SMILES string of the molecule is CC(C)[C@H]1C(=O)Nc2cnc(CCc3cnn(Cc4cc(F)c(F)c(F)c4)c3)cc2N1C.S. The molecule has 0 unspecified atom stereocenters. The smallest absolute Gasteiger partial charge is 0.247 e. The minimum atomic E-state index is -1.47. The van der Waals surface area contributed by atoms with Gasteiger partial charge in [0, 0.05) is 18.9 Å². The summed E-state index contributed by atoms with van der Waals surface area (Å²) >= 11 is 0. The lowest BCUT2D eigenvalue weighted by molar-refractivity contribution is -0.118. The monoisotopic (exact) mass is 477 g/mol. The molecule has 3 heterocycles. The zero-order valence-corrected chi connectivity index (χ0v) is 19.6. The van der Waals surface area contributed by atoms with Crippen LogP contribution < -0.4 is 10.2 Å². The van der Waals surface area contributed by atoms with Crippen LogP contribution in [-0.2, 0) is 24.2 Å². The fourth-order valence-electron chi connectivity index (χ4n) is 4.07. The van der Waals surface area contributed by atoms with Crippen LogP contribution in [0.3, 0.4) is 0 Å². The van der Waals surface area contributed by atoms with E-state index >= 15 is 0 Å². The van der Waals surface area contributed by atoms with Gasteiger partial charge in [0.1, 0.15) is 6.04 Å². The first-order valence-corrected chi connectivity index (χ1v) is 10.4. The van der Waals surface area contributed by atoms with Crippen LogP contribution in [0.5, 0.6) is 0 Å². The minimum absolute atomic E-state index is 0. The molecular weight excluding hydrogens is 451 g/mol. The normalized spacial score (nSPS) is 15.3. The Hall–Kier alpha value is -3.01. The van der Waals surface area contributed by atoms with Gasteiger partial charge in [0.2, 0.25) is 5.91 Å². The number of anilines is 2. The second-order valence-electron chi connectivity index (χ2n) is 8.40. The lowest BCUT2D eigenvalue weighted by Crippen LogP contribution is -2.49. The fourth-order valence-corrected chi connectivity index (χ4v) is 4.07. The molecule has 0 saturated heterocycles. The summed E-state index contributed by atoms with van der Waals surface area (Å²) in [6.45, 7) is 4.16. The van der Waals surface area contributed by atoms with Crippen molar-refractivity contribution in [3.05, 3.63) is 71.1 Å². The van der Waals surface area contributed by atoms with Crippen LogP contribution in [0, 0.1) is 23.4 Å². The Bertz CT molecular complexity index is 1140. The maximum Gasteiger partial charge on any atom is 0.247 e. The lowest BCUT2D eigenvalue weighted by Gasteiger charge is -2.37. The Kier molecular flexibility index (Phi) is 7.36. The number of hydrogen-bond acceptors (Lipinski definition) is 4. The molecule has 0 spiro atoms. The number of nitrogens with zero attached hydrogens (tertiary/aromatic N) is 4. The molecule has 1 amide bonds. The number of aryl methyl sites for hydroxylation is 2. The highest BCUT2D eigenvalue weighted by molar-refractivity contribution is 7.59. The van der Waals surface area contributed by atoms with E-state index < -0.39 is 17.5 Å². The highest BCUT2D eigenvalue weighted by Gasteiger charge is 2.33. The summed E-state index contributed by atoms with van der Waals surface area (Å²) in [5.74, 6) is -3.77. The number of likely N-dealkylation sites (N-methyl/N-ethyl adjacent to an activating group) is 1. The van der Waals surface area contributed by atoms with Crippen LogP contribution in [0.1, 0.15) is 30.7 Å². The van der Waals surface area contributed by atoms with Crippen LogP contribution in [0.4, 0.5) is 24.5 Å². The van der Waals surface area contributed by atoms with Crippen molar-refractivity contribution in [1.29, 1.82) is 0 Å². The van der Waals surface area contributed by atoms with Crippen molar-refractivity contribution >= 4 is 30.8 Å². The second kappa shape index (κ2) is 9.86. The van der Waals surface area contributed by atoms with Crippen molar-refractivity contribution in [2.45, 2.75) is 39.3 Å². The molecule has 0 aliphatic carbocycles. The number of carbonyl (C=O) groups excluding carboxylic acids is 1. The van der Waals surface area contributed by atoms with Crippen molar-refractivity contribution in [1.82, 2.24) is 14.8 Å². The Morgan fingerprint density at radius 2 is 1.76 bits per heavy atom. The van der Waals surface area contributed by atoms with Crippen molar-refractivity contribution in [3.8, 4) is 0 Å². The number of halogens is 3. The number of benzene rings is 1. The van der Waals surface area contributed by atoms with Crippen molar-refractivity contribution in [2.75, 3.05) is 17.3 Å². The second-order valence-corrected chi connectivity index (χ2v) is 8.40. The minimum Gasteiger partial charge on any atom is -0.361 e. The van der Waals surface area contributed by atoms with E-state index in [0.29, 0.717) is 18.5 Å². The maximum absolute atomic E-state index is 13.4. The predicted octanol–water partition coefficient (Wildman–Crippen LogP) is 4.05. The molecule has 10 heteroatoms. The Labute approximate surface area is 197 Å². The van der Waals surface area contributed by atoms with Crippen LogP contribution in [0.25, 0.3) is 0 Å². The number of pyridine rings is 1. The predicted molar refractivity (Wildman–Crippen MR) is 125 cm³/mol. The van der Waals surface area contributed by atoms with Gasteiger partial charge in [-0.25, -0.2) is 13.2 Å². The first kappa shape index (κ1) is 24.6. The third-order valence-electron chi connectivity index (χ3n) is 5.64. The van der Waals surface area contributed by atoms with Crippen LogP contribution >= 0.6 is 13.5 Å². The Balaban J connectivity index is 0.00000306. The van der Waals surface area contributed by atoms with E-state index in [4.69, 9.17) is 0 Å². The molecule has 1 aliphatic rings. The quantitative estimate of drug-likeness (QED) is 0.544. The highest BCUT2D eigenvalue weighted by Crippen LogP contribution is 2.33. The lowest BCUT2D eigenvalue weighted by atomic mass is 9.98. The zero-order valence-electron chi connectivity index (χ0n) is 18.6. The maximum atomic E-state index is 13.4. The van der Waals surface area contributed by atoms with E-state index in [2.05, 4.69) is 15.4 Å². The van der Waals surface area contributed by atoms with Crippen LogP contribution in [-0.4, -0.2) is 33.8 Å². The van der Waals surface area contributed by atoms with Gasteiger partial charge < -0.3 is 10.2 Å². The van der Waals surface area contributed by atoms with Gasteiger partial charge in [-0.05, 0) is 48.1 Å². The van der Waals surface area contributed by atoms with Gasteiger partial charge in [0.25, 0.3) is 0 Å². The molecule has 0 saturated carbocycles. The molecule has 1 aromatic carbocycles. The average molecular weight is 478 g/mol. The number of aromatic nitrogens is 3. The molecule has 1 N–H and O–H groups in total. The third-order valence-corrected chi connectivity index (χ3v) is 5.64. The van der Waals surface area contributed by atoms with Gasteiger partial charge in [-0.1, -0.05) is 13.8 Å². The van der Waals surface area contributed by atoms with Crippen LogP contribution in [0.15, 0.2) is 36.8 Å². The molecule has 0 fully saturated rings. The molecule has 33 heavy (non-hydrogen) atoms. The molecule has 1 atom stereocenters. The average Bonchev–Trinajstić information content (AvgIpc) is 3.17. The van der Waals surface area contributed by atoms with Gasteiger partial charge in [-0.15, -0.1) is 0 Å². The van der Waals surface area contributed by atoms with E-state index in [1.165, 1.54) is 0 Å². The first-order chi connectivity index (χ1) is 15.2. The molecule has 0 radical (unpaired) electrons. The molecular formula is C23H26F3N5OS. The van der Waals surface area contributed by atoms with Crippen molar-refractivity contribution in [3.63, 3.8) is 0 Å². The summed E-state index contributed by atoms with van der Waals surface area (Å²) in [5.41, 5.74) is 3.74. The molecule has 1 aliphatic heterocycles. The number of rotatable bonds is 6. The van der Waals surface area contributed by atoms with Crippen molar-refractivity contribution in [2.24, 2.45) is 5.92 Å². The number of carbonyl (C=O) groups is 1. The largest absolute Gasteiger partial charge is 0.361 e. The van der Waals surface area contributed by atoms with Crippen LogP contribution in [0.2, 0.25) is 0 Å². The van der Waals surface area contributed by atoms with E-state index in [0.717, 1.165) is 29.1 Å². The summed E-state index contributed by atoms with van der Waals surface area (Å²) in [5, 5.41) is 7.15. The van der Waals surface area contributed by atoms with E-state index in [-0.39, 0.29) is 43.5 Å². The summed E-state index contributed by atoms with van der Waals surface area (Å²) in [7, 11) is 1.91. The van der Waals surface area contributed by atoms with E-state index in [9.17, 15) is 18.0 Å². The zero-order chi connectivity index (χ0) is 23.0. The van der Waals surface area contributed by atoms with Gasteiger partial charge in [0.15, 0.2) is 17.5 Å². The number of amides is 1. The Morgan fingerprint density at radius 3 is 2.42 bits per heavy atom. The number of fused-ring (bicyclic) bond motifs is 1. The van der Waals surface area contributed by atoms with Gasteiger partial charge in [-0.2, -0.15) is 18.6 Å². The number of hydrogen-bond donors (Lipinski definition) is 1. The van der Waals surface area contributed by atoms with E-state index in [1.54, 1.807) is 23.3 Å². The third kappa shape index (κ3) is 5.16. The Morgan fingerprint density at radius 1 is 1.06 bits per heavy atom. The molecule has 3 aromatic rings. The van der Waals surface area contributed by atoms with Gasteiger partial charge in [-0.3, -0.25) is 14.5 Å². The van der Waals surface area contributed by atoms with Gasteiger partial charge in [0.05, 0.1) is 30.3 Å². The summed E-state index contributed by atoms with van der Waals surface area (Å²) in [4.78, 5) is 18.8. The summed E-state index contributed by atoms with van der Waals surface area (Å²) in [6, 6.07) is 3.68.